The van der Waals surface area contributed by atoms with Gasteiger partial charge in [0, 0.05) is 0 Å². The molecular formula is C4H10KLi. The minimum absolute atomic E-state index is 0. The Bertz CT molecular complexity index is 23.0. The number of hydrogen-bond donors (Lipinski definition) is 0. The van der Waals surface area contributed by atoms with Crippen molar-refractivity contribution in [1.82, 2.24) is 0 Å². The third kappa shape index (κ3) is 34.2. The zero-order valence-corrected chi connectivity index (χ0v) is 7.62. The number of rotatable bonds is 0. The van der Waals surface area contributed by atoms with Crippen molar-refractivity contribution in [2.75, 3.05) is 0 Å². The van der Waals surface area contributed by atoms with Gasteiger partial charge in [0.05, 0.1) is 0 Å². The first-order chi connectivity index (χ1) is 2.00. The molecule has 0 aromatic rings. The molecule has 0 fully saturated rings. The van der Waals surface area contributed by atoms with Crippen LogP contribution in [0.15, 0.2) is 0 Å². The molecule has 0 saturated carbocycles. The normalized spacial score (nSPS) is 10.2. The Kier molecular flexibility index (Phi) is 7.66. The number of hydrogen-bond acceptors (Lipinski definition) is 0. The summed E-state index contributed by atoms with van der Waals surface area (Å²) < 4.78 is 0.688. The molecule has 28 valence electrons. The van der Waals surface area contributed by atoms with Crippen LogP contribution < -0.4 is 0 Å². The molecule has 0 nitrogen and oxygen atoms in total. The van der Waals surface area contributed by atoms with E-state index >= 15 is 0 Å². The zero-order chi connectivity index (χ0) is 4.50. The zero-order valence-electron chi connectivity index (χ0n) is 4.50. The monoisotopic (exact) mass is 104 g/mol. The summed E-state index contributed by atoms with van der Waals surface area (Å²) in [6.45, 7) is 6.81. The van der Waals surface area contributed by atoms with E-state index in [0.29, 0.717) is -0.490 Å². The molecule has 0 spiro atoms. The molecular weight excluding hydrogens is 94.1 g/mol. The van der Waals surface area contributed by atoms with Crippen LogP contribution in [-0.4, -0.2) is 67.8 Å². The maximum atomic E-state index is 2.27. The summed E-state index contributed by atoms with van der Waals surface area (Å²) in [5.41, 5.74) is 0. The quantitative estimate of drug-likeness (QED) is 0.397. The molecule has 0 saturated heterocycles. The Balaban J connectivity index is 0. The van der Waals surface area contributed by atoms with Gasteiger partial charge in [-0.25, -0.2) is 0 Å². The molecule has 0 aliphatic heterocycles. The molecule has 2 heteroatoms. The minimum atomic E-state index is 0. The Morgan fingerprint density at radius 2 is 1.17 bits per heavy atom. The van der Waals surface area contributed by atoms with Gasteiger partial charge in [0.2, 0.25) is 0 Å². The van der Waals surface area contributed by atoms with Crippen molar-refractivity contribution in [1.29, 1.82) is 0 Å². The Labute approximate surface area is 86.2 Å². The standard InChI is InChI=1S/C4H9.K.Li.H/c1-4(2)3;;;/h1-3H3;;;. The van der Waals surface area contributed by atoms with Gasteiger partial charge in [0.1, 0.15) is 0 Å². The Morgan fingerprint density at radius 1 is 1.17 bits per heavy atom. The van der Waals surface area contributed by atoms with E-state index in [0.717, 1.165) is 49.0 Å². The summed E-state index contributed by atoms with van der Waals surface area (Å²) in [4.78, 5) is 0. The van der Waals surface area contributed by atoms with Crippen LogP contribution in [0.3, 0.4) is 0 Å². The van der Waals surface area contributed by atoms with Crippen LogP contribution in [0.25, 0.3) is 0 Å². The van der Waals surface area contributed by atoms with Crippen molar-refractivity contribution >= 4 is 67.8 Å². The van der Waals surface area contributed by atoms with Crippen molar-refractivity contribution in [2.45, 2.75) is 20.3 Å². The SMILES string of the molecule is C[C](C)(C)[K].[LiH]. The van der Waals surface area contributed by atoms with Gasteiger partial charge < -0.3 is 0 Å². The van der Waals surface area contributed by atoms with Gasteiger partial charge in [-0.15, -0.1) is 0 Å². The van der Waals surface area contributed by atoms with Gasteiger partial charge >= 0.3 is 88.1 Å². The van der Waals surface area contributed by atoms with Gasteiger partial charge in [0.15, 0.2) is 0 Å². The molecule has 0 heterocycles. The third-order valence-corrected chi connectivity index (χ3v) is 0. The molecule has 0 aliphatic rings. The van der Waals surface area contributed by atoms with Crippen LogP contribution >= 0.6 is 0 Å². The molecule has 0 aromatic carbocycles. The molecule has 0 aliphatic carbocycles. The van der Waals surface area contributed by atoms with E-state index in [1.807, 2.05) is 0 Å². The molecule has 0 unspecified atom stereocenters. The van der Waals surface area contributed by atoms with E-state index in [1.165, 1.54) is 0 Å². The van der Waals surface area contributed by atoms with E-state index in [9.17, 15) is 0 Å². The summed E-state index contributed by atoms with van der Waals surface area (Å²) in [6.07, 6.45) is 0. The van der Waals surface area contributed by atoms with Gasteiger partial charge in [-0.05, 0) is 0 Å². The second-order valence-corrected chi connectivity index (χ2v) is 7.68. The Hall–Kier alpha value is 2.23. The van der Waals surface area contributed by atoms with Crippen LogP contribution in [0.1, 0.15) is 20.8 Å². The molecule has 0 bridgehead atoms. The second kappa shape index (κ2) is 4.15. The van der Waals surface area contributed by atoms with E-state index in [-0.39, 0.29) is 18.9 Å². The molecule has 0 radical (unpaired) electrons. The van der Waals surface area contributed by atoms with Gasteiger partial charge in [-0.1, -0.05) is 0 Å². The molecule has 0 amide bonds. The van der Waals surface area contributed by atoms with E-state index in [1.54, 1.807) is 0 Å². The third-order valence-electron chi connectivity index (χ3n) is 0. The fraction of sp³-hybridized carbons (Fsp3) is 1.00. The summed E-state index contributed by atoms with van der Waals surface area (Å²) in [5.74, 6) is 0. The van der Waals surface area contributed by atoms with Crippen LogP contribution in [-0.2, 0) is 0 Å². The molecule has 0 atom stereocenters. The predicted octanol–water partition coefficient (Wildman–Crippen LogP) is 0.725. The Morgan fingerprint density at radius 3 is 1.17 bits per heavy atom. The van der Waals surface area contributed by atoms with Gasteiger partial charge in [-0.3, -0.25) is 0 Å². The average molecular weight is 104 g/mol. The maximum absolute atomic E-state index is 2.27. The fourth-order valence-electron chi connectivity index (χ4n) is 0. The second-order valence-electron chi connectivity index (χ2n) is 3.00. The van der Waals surface area contributed by atoms with E-state index in [2.05, 4.69) is 20.8 Å². The van der Waals surface area contributed by atoms with Crippen molar-refractivity contribution < 1.29 is 0 Å². The van der Waals surface area contributed by atoms with Crippen molar-refractivity contribution in [3.05, 3.63) is 0 Å². The molecule has 0 N–H and O–H groups in total. The van der Waals surface area contributed by atoms with Crippen molar-refractivity contribution in [3.8, 4) is 0 Å². The topological polar surface area (TPSA) is 0 Å². The van der Waals surface area contributed by atoms with E-state index < -0.39 is 0 Å². The predicted molar refractivity (Wildman–Crippen MR) is 32.6 cm³/mol. The molecule has 0 rings (SSSR count). The summed E-state index contributed by atoms with van der Waals surface area (Å²) in [5, 5.41) is 0. The first-order valence-corrected chi connectivity index (χ1v) is 3.56. The van der Waals surface area contributed by atoms with Crippen LogP contribution in [0.5, 0.6) is 0 Å². The fourth-order valence-corrected chi connectivity index (χ4v) is 0. The van der Waals surface area contributed by atoms with E-state index in [4.69, 9.17) is 0 Å². The van der Waals surface area contributed by atoms with Gasteiger partial charge in [-0.2, -0.15) is 0 Å². The summed E-state index contributed by atoms with van der Waals surface area (Å²) in [6, 6.07) is 0. The van der Waals surface area contributed by atoms with Crippen molar-refractivity contribution in [3.63, 3.8) is 0 Å². The van der Waals surface area contributed by atoms with Crippen LogP contribution in [0.4, 0.5) is 0 Å². The first-order valence-electron chi connectivity index (χ1n) is 2.00. The first kappa shape index (κ1) is 11.1. The van der Waals surface area contributed by atoms with Crippen LogP contribution in [0.2, 0.25) is -0.490 Å². The average Bonchev–Trinajstić information content (AvgIpc) is 0.722. The van der Waals surface area contributed by atoms with Gasteiger partial charge in [0.25, 0.3) is 0 Å². The summed E-state index contributed by atoms with van der Waals surface area (Å²) in [7, 11) is 0. The van der Waals surface area contributed by atoms with Crippen molar-refractivity contribution in [2.24, 2.45) is 0 Å². The summed E-state index contributed by atoms with van der Waals surface area (Å²) >= 11 is 1.00. The molecule has 6 heavy (non-hydrogen) atoms. The molecule has 0 aromatic heterocycles. The van der Waals surface area contributed by atoms with Crippen LogP contribution in [0, 0.1) is 0 Å².